The summed E-state index contributed by atoms with van der Waals surface area (Å²) < 4.78 is 0. The molecule has 0 aliphatic carbocycles. The van der Waals surface area contributed by atoms with E-state index in [-0.39, 0.29) is 11.5 Å². The average Bonchev–Trinajstić information content (AvgIpc) is 2.35. The molecule has 3 N–H and O–H groups in total. The van der Waals surface area contributed by atoms with Crippen molar-refractivity contribution in [2.24, 2.45) is 0 Å². The molecule has 3 nitrogen and oxygen atoms in total. The van der Waals surface area contributed by atoms with Gasteiger partial charge in [0, 0.05) is 12.2 Å². The molecule has 0 amide bonds. The molecule has 0 heterocycles. The summed E-state index contributed by atoms with van der Waals surface area (Å²) >= 11 is 11.6. The standard InChI is InChI=1S/C13H11Cl2NO2/c14-10-5-8(1-3-12(10)17)7-16-9-2-4-13(18)11(15)6-9/h1-6,16-18H,7H2. The molecule has 0 fully saturated rings. The van der Waals surface area contributed by atoms with E-state index in [4.69, 9.17) is 23.2 Å². The van der Waals surface area contributed by atoms with Crippen LogP contribution in [0.3, 0.4) is 0 Å². The fourth-order valence-corrected chi connectivity index (χ4v) is 1.87. The van der Waals surface area contributed by atoms with Crippen LogP contribution in [-0.4, -0.2) is 10.2 Å². The maximum Gasteiger partial charge on any atom is 0.134 e. The lowest BCUT2D eigenvalue weighted by Gasteiger charge is -2.08. The van der Waals surface area contributed by atoms with Gasteiger partial charge in [-0.05, 0) is 35.9 Å². The zero-order chi connectivity index (χ0) is 13.1. The number of hydrogen-bond donors (Lipinski definition) is 3. The van der Waals surface area contributed by atoms with E-state index in [1.807, 2.05) is 0 Å². The number of halogens is 2. The molecule has 5 heteroatoms. The van der Waals surface area contributed by atoms with Crippen LogP contribution >= 0.6 is 23.2 Å². The monoisotopic (exact) mass is 283 g/mol. The zero-order valence-corrected chi connectivity index (χ0v) is 10.8. The van der Waals surface area contributed by atoms with Gasteiger partial charge in [-0.25, -0.2) is 0 Å². The quantitative estimate of drug-likeness (QED) is 0.746. The highest BCUT2D eigenvalue weighted by Gasteiger charge is 2.02. The van der Waals surface area contributed by atoms with E-state index in [0.29, 0.717) is 16.6 Å². The SMILES string of the molecule is Oc1ccc(CNc2ccc(O)c(Cl)c2)cc1Cl. The van der Waals surface area contributed by atoms with Crippen LogP contribution in [0, 0.1) is 0 Å². The van der Waals surface area contributed by atoms with Crippen molar-refractivity contribution in [2.75, 3.05) is 5.32 Å². The van der Waals surface area contributed by atoms with Gasteiger partial charge in [-0.15, -0.1) is 0 Å². The molecule has 0 saturated carbocycles. The molecule has 0 atom stereocenters. The molecule has 2 aromatic carbocycles. The second kappa shape index (κ2) is 5.38. The highest BCUT2D eigenvalue weighted by molar-refractivity contribution is 6.32. The average molecular weight is 284 g/mol. The minimum atomic E-state index is 0.0508. The van der Waals surface area contributed by atoms with Crippen LogP contribution in [0.15, 0.2) is 36.4 Å². The molecule has 2 aromatic rings. The summed E-state index contributed by atoms with van der Waals surface area (Å²) in [5.41, 5.74) is 1.73. The summed E-state index contributed by atoms with van der Waals surface area (Å²) in [5, 5.41) is 22.3. The van der Waals surface area contributed by atoms with Crippen molar-refractivity contribution in [1.82, 2.24) is 0 Å². The van der Waals surface area contributed by atoms with E-state index in [1.54, 1.807) is 30.3 Å². The first-order valence-electron chi connectivity index (χ1n) is 5.26. The number of rotatable bonds is 3. The van der Waals surface area contributed by atoms with Crippen molar-refractivity contribution >= 4 is 28.9 Å². The van der Waals surface area contributed by atoms with E-state index >= 15 is 0 Å². The van der Waals surface area contributed by atoms with Gasteiger partial charge in [0.05, 0.1) is 10.0 Å². The minimum Gasteiger partial charge on any atom is -0.506 e. The summed E-state index contributed by atoms with van der Waals surface area (Å²) in [4.78, 5) is 0. The first kappa shape index (κ1) is 12.9. The van der Waals surface area contributed by atoms with Gasteiger partial charge in [-0.2, -0.15) is 0 Å². The Morgan fingerprint density at radius 1 is 0.889 bits per heavy atom. The molecule has 18 heavy (non-hydrogen) atoms. The molecular weight excluding hydrogens is 273 g/mol. The third-order valence-corrected chi connectivity index (χ3v) is 3.06. The molecule has 0 radical (unpaired) electrons. The smallest absolute Gasteiger partial charge is 0.134 e. The van der Waals surface area contributed by atoms with Crippen molar-refractivity contribution in [3.63, 3.8) is 0 Å². The first-order valence-corrected chi connectivity index (χ1v) is 6.01. The molecule has 0 aliphatic rings. The summed E-state index contributed by atoms with van der Waals surface area (Å²) in [6.07, 6.45) is 0. The molecule has 2 rings (SSSR count). The van der Waals surface area contributed by atoms with Crippen molar-refractivity contribution in [2.45, 2.75) is 6.54 Å². The lowest BCUT2D eigenvalue weighted by atomic mass is 10.2. The van der Waals surface area contributed by atoms with Crippen LogP contribution in [0.25, 0.3) is 0 Å². The van der Waals surface area contributed by atoms with Crippen LogP contribution in [0.4, 0.5) is 5.69 Å². The third kappa shape index (κ3) is 3.00. The predicted octanol–water partition coefficient (Wildman–Crippen LogP) is 4.02. The van der Waals surface area contributed by atoms with Gasteiger partial charge < -0.3 is 15.5 Å². The zero-order valence-electron chi connectivity index (χ0n) is 9.32. The summed E-state index contributed by atoms with van der Waals surface area (Å²) in [6, 6.07) is 9.89. The van der Waals surface area contributed by atoms with Crippen LogP contribution in [0.1, 0.15) is 5.56 Å². The van der Waals surface area contributed by atoms with Crippen molar-refractivity contribution in [3.05, 3.63) is 52.0 Å². The van der Waals surface area contributed by atoms with Crippen LogP contribution in [-0.2, 0) is 6.54 Å². The Morgan fingerprint density at radius 2 is 1.50 bits per heavy atom. The van der Waals surface area contributed by atoms with Gasteiger partial charge in [0.15, 0.2) is 0 Å². The van der Waals surface area contributed by atoms with E-state index in [1.165, 1.54) is 6.07 Å². The molecule has 0 aliphatic heterocycles. The van der Waals surface area contributed by atoms with E-state index in [2.05, 4.69) is 5.32 Å². The molecule has 0 saturated heterocycles. The Balaban J connectivity index is 2.06. The Hall–Kier alpha value is -1.58. The maximum absolute atomic E-state index is 9.30. The number of phenols is 2. The normalized spacial score (nSPS) is 10.3. The topological polar surface area (TPSA) is 52.5 Å². The highest BCUT2D eigenvalue weighted by Crippen LogP contribution is 2.27. The predicted molar refractivity (Wildman–Crippen MR) is 73.6 cm³/mol. The molecule has 94 valence electrons. The van der Waals surface area contributed by atoms with Gasteiger partial charge in [0.1, 0.15) is 11.5 Å². The van der Waals surface area contributed by atoms with Gasteiger partial charge in [-0.1, -0.05) is 29.3 Å². The molecule has 0 unspecified atom stereocenters. The number of benzene rings is 2. The van der Waals surface area contributed by atoms with Crippen LogP contribution < -0.4 is 5.32 Å². The number of anilines is 1. The molecule has 0 bridgehead atoms. The van der Waals surface area contributed by atoms with Crippen LogP contribution in [0.5, 0.6) is 11.5 Å². The molecule has 0 aromatic heterocycles. The Labute approximate surface area is 115 Å². The lowest BCUT2D eigenvalue weighted by Crippen LogP contribution is -1.99. The van der Waals surface area contributed by atoms with Crippen LogP contribution in [0.2, 0.25) is 10.0 Å². The molecular formula is C13H11Cl2NO2. The van der Waals surface area contributed by atoms with E-state index in [9.17, 15) is 10.2 Å². The fraction of sp³-hybridized carbons (Fsp3) is 0.0769. The minimum absolute atomic E-state index is 0.0508. The number of phenolic OH excluding ortho intramolecular Hbond substituents is 2. The highest BCUT2D eigenvalue weighted by atomic mass is 35.5. The van der Waals surface area contributed by atoms with E-state index < -0.39 is 0 Å². The van der Waals surface area contributed by atoms with Crippen molar-refractivity contribution in [1.29, 1.82) is 0 Å². The molecule has 0 spiro atoms. The number of aromatic hydroxyl groups is 2. The number of nitrogens with one attached hydrogen (secondary N) is 1. The Morgan fingerprint density at radius 3 is 2.11 bits per heavy atom. The van der Waals surface area contributed by atoms with Gasteiger partial charge in [-0.3, -0.25) is 0 Å². The third-order valence-electron chi connectivity index (χ3n) is 2.46. The summed E-state index contributed by atoms with van der Waals surface area (Å²) in [7, 11) is 0. The second-order valence-corrected chi connectivity index (χ2v) is 4.62. The first-order chi connectivity index (χ1) is 8.56. The van der Waals surface area contributed by atoms with Gasteiger partial charge in [0.2, 0.25) is 0 Å². The second-order valence-electron chi connectivity index (χ2n) is 3.81. The number of hydrogen-bond acceptors (Lipinski definition) is 3. The van der Waals surface area contributed by atoms with Gasteiger partial charge in [0.25, 0.3) is 0 Å². The lowest BCUT2D eigenvalue weighted by molar-refractivity contribution is 0.475. The Kier molecular flexibility index (Phi) is 3.84. The fourth-order valence-electron chi connectivity index (χ4n) is 1.48. The Bertz CT molecular complexity index is 521. The van der Waals surface area contributed by atoms with Crippen molar-refractivity contribution < 1.29 is 10.2 Å². The largest absolute Gasteiger partial charge is 0.506 e. The maximum atomic E-state index is 9.30. The summed E-state index contributed by atoms with van der Waals surface area (Å²) in [6.45, 7) is 0.543. The van der Waals surface area contributed by atoms with Crippen molar-refractivity contribution in [3.8, 4) is 11.5 Å². The summed E-state index contributed by atoms with van der Waals surface area (Å²) in [5.74, 6) is 0.114. The van der Waals surface area contributed by atoms with E-state index in [0.717, 1.165) is 11.3 Å². The van der Waals surface area contributed by atoms with Gasteiger partial charge >= 0.3 is 0 Å².